The number of aromatic nitrogens is 1. The van der Waals surface area contributed by atoms with Crippen molar-refractivity contribution >= 4 is 5.91 Å². The number of pyridine rings is 1. The Morgan fingerprint density at radius 3 is 2.53 bits per heavy atom. The summed E-state index contributed by atoms with van der Waals surface area (Å²) in [6.45, 7) is 1.37. The van der Waals surface area contributed by atoms with Crippen LogP contribution in [0.3, 0.4) is 0 Å². The Morgan fingerprint density at radius 2 is 1.80 bits per heavy atom. The molecule has 5 heteroatoms. The molecule has 0 N–H and O–H groups in total. The highest BCUT2D eigenvalue weighted by Crippen LogP contribution is 2.28. The van der Waals surface area contributed by atoms with E-state index in [4.69, 9.17) is 9.72 Å². The first-order chi connectivity index (χ1) is 14.6. The number of halogens is 1. The lowest BCUT2D eigenvalue weighted by Gasteiger charge is -2.32. The van der Waals surface area contributed by atoms with Crippen molar-refractivity contribution in [1.29, 1.82) is 0 Å². The minimum absolute atomic E-state index is 0.0341. The van der Waals surface area contributed by atoms with Crippen LogP contribution in [0.1, 0.15) is 46.1 Å². The Bertz CT molecular complexity index is 1010. The predicted octanol–water partition coefficient (Wildman–Crippen LogP) is 4.84. The fourth-order valence-electron chi connectivity index (χ4n) is 3.97. The highest BCUT2D eigenvalue weighted by Gasteiger charge is 2.25. The molecule has 30 heavy (non-hydrogen) atoms. The van der Waals surface area contributed by atoms with E-state index in [9.17, 15) is 9.18 Å². The molecule has 2 heterocycles. The summed E-state index contributed by atoms with van der Waals surface area (Å²) in [5.41, 5.74) is 3.82. The van der Waals surface area contributed by atoms with Gasteiger partial charge in [-0.2, -0.15) is 0 Å². The predicted molar refractivity (Wildman–Crippen MR) is 114 cm³/mol. The zero-order valence-corrected chi connectivity index (χ0v) is 17.1. The largest absolute Gasteiger partial charge is 0.497 e. The number of hydrogen-bond acceptors (Lipinski definition) is 3. The van der Waals surface area contributed by atoms with Crippen molar-refractivity contribution in [3.63, 3.8) is 0 Å². The molecule has 1 aromatic heterocycles. The van der Waals surface area contributed by atoms with Crippen LogP contribution < -0.4 is 4.74 Å². The molecule has 4 rings (SSSR count). The van der Waals surface area contributed by atoms with Crippen LogP contribution >= 0.6 is 0 Å². The summed E-state index contributed by atoms with van der Waals surface area (Å²) in [7, 11) is 1.67. The number of methoxy groups -OCH3 is 1. The first-order valence-corrected chi connectivity index (χ1v) is 10.3. The Kier molecular flexibility index (Phi) is 6.07. The number of rotatable bonds is 5. The molecular formula is C25H25FN2O2. The summed E-state index contributed by atoms with van der Waals surface area (Å²) in [5.74, 6) is 0.827. The zero-order valence-electron chi connectivity index (χ0n) is 17.1. The van der Waals surface area contributed by atoms with Gasteiger partial charge in [-0.15, -0.1) is 0 Å². The van der Waals surface area contributed by atoms with E-state index in [2.05, 4.69) is 24.3 Å². The fourth-order valence-corrected chi connectivity index (χ4v) is 3.97. The number of nitrogens with zero attached hydrogens (tertiary/aromatic N) is 2. The SMILES string of the molecule is COc1cccc(Cc2cccc(C3CCN(C(=O)c4ccc(F)cc4)CC3)n2)c1. The number of benzene rings is 2. The molecule has 1 aliphatic heterocycles. The highest BCUT2D eigenvalue weighted by atomic mass is 19.1. The lowest BCUT2D eigenvalue weighted by atomic mass is 9.92. The Labute approximate surface area is 176 Å². The number of carbonyl (C=O) groups excluding carboxylic acids is 1. The van der Waals surface area contributed by atoms with E-state index in [0.29, 0.717) is 24.6 Å². The van der Waals surface area contributed by atoms with E-state index >= 15 is 0 Å². The summed E-state index contributed by atoms with van der Waals surface area (Å²) in [6.07, 6.45) is 2.51. The van der Waals surface area contributed by atoms with Gasteiger partial charge in [-0.3, -0.25) is 9.78 Å². The molecule has 1 saturated heterocycles. The average molecular weight is 404 g/mol. The summed E-state index contributed by atoms with van der Waals surface area (Å²) in [6, 6.07) is 20.0. The molecule has 154 valence electrons. The van der Waals surface area contributed by atoms with Gasteiger partial charge in [0.2, 0.25) is 0 Å². The van der Waals surface area contributed by atoms with Crippen LogP contribution in [0.25, 0.3) is 0 Å². The maximum atomic E-state index is 13.1. The number of hydrogen-bond donors (Lipinski definition) is 0. The average Bonchev–Trinajstić information content (AvgIpc) is 2.79. The topological polar surface area (TPSA) is 42.4 Å². The number of ether oxygens (including phenoxy) is 1. The molecule has 1 aliphatic rings. The Balaban J connectivity index is 1.39. The monoisotopic (exact) mass is 404 g/mol. The van der Waals surface area contributed by atoms with Gasteiger partial charge < -0.3 is 9.64 Å². The number of likely N-dealkylation sites (tertiary alicyclic amines) is 1. The van der Waals surface area contributed by atoms with E-state index in [0.717, 1.165) is 36.4 Å². The molecule has 0 unspecified atom stereocenters. The number of amides is 1. The van der Waals surface area contributed by atoms with Gasteiger partial charge in [-0.1, -0.05) is 18.2 Å². The molecular weight excluding hydrogens is 379 g/mol. The molecule has 0 aliphatic carbocycles. The van der Waals surface area contributed by atoms with Gasteiger partial charge in [0.15, 0.2) is 0 Å². The number of piperidine rings is 1. The van der Waals surface area contributed by atoms with Crippen molar-refractivity contribution in [2.45, 2.75) is 25.2 Å². The second kappa shape index (κ2) is 9.08. The van der Waals surface area contributed by atoms with Crippen LogP contribution in [0.2, 0.25) is 0 Å². The van der Waals surface area contributed by atoms with Crippen molar-refractivity contribution in [2.24, 2.45) is 0 Å². The van der Waals surface area contributed by atoms with Crippen molar-refractivity contribution < 1.29 is 13.9 Å². The van der Waals surface area contributed by atoms with Crippen LogP contribution in [0, 0.1) is 5.82 Å². The molecule has 2 aromatic carbocycles. The lowest BCUT2D eigenvalue weighted by Crippen LogP contribution is -2.38. The van der Waals surface area contributed by atoms with Gasteiger partial charge in [0.25, 0.3) is 5.91 Å². The van der Waals surface area contributed by atoms with Gasteiger partial charge in [-0.25, -0.2) is 4.39 Å². The van der Waals surface area contributed by atoms with Crippen LogP contribution in [0.15, 0.2) is 66.7 Å². The molecule has 0 saturated carbocycles. The van der Waals surface area contributed by atoms with Gasteiger partial charge in [-0.05, 0) is 66.9 Å². The molecule has 3 aromatic rings. The number of carbonyl (C=O) groups is 1. The maximum Gasteiger partial charge on any atom is 0.253 e. The fraction of sp³-hybridized carbons (Fsp3) is 0.280. The summed E-state index contributed by atoms with van der Waals surface area (Å²) in [4.78, 5) is 19.4. The molecule has 0 bridgehead atoms. The van der Waals surface area contributed by atoms with Crippen LogP contribution in [0.5, 0.6) is 5.75 Å². The van der Waals surface area contributed by atoms with E-state index < -0.39 is 0 Å². The molecule has 1 amide bonds. The third-order valence-electron chi connectivity index (χ3n) is 5.64. The van der Waals surface area contributed by atoms with Gasteiger partial charge in [0, 0.05) is 42.4 Å². The Hall–Kier alpha value is -3.21. The van der Waals surface area contributed by atoms with Crippen molar-refractivity contribution in [1.82, 2.24) is 9.88 Å². The summed E-state index contributed by atoms with van der Waals surface area (Å²) < 4.78 is 18.4. The molecule has 0 spiro atoms. The second-order valence-electron chi connectivity index (χ2n) is 7.66. The summed E-state index contributed by atoms with van der Waals surface area (Å²) in [5, 5.41) is 0. The van der Waals surface area contributed by atoms with E-state index in [1.807, 2.05) is 23.1 Å². The smallest absolute Gasteiger partial charge is 0.253 e. The normalized spacial score (nSPS) is 14.5. The lowest BCUT2D eigenvalue weighted by molar-refractivity contribution is 0.0712. The zero-order chi connectivity index (χ0) is 20.9. The van der Waals surface area contributed by atoms with E-state index in [1.165, 1.54) is 17.7 Å². The van der Waals surface area contributed by atoms with Gasteiger partial charge in [0.1, 0.15) is 11.6 Å². The van der Waals surface area contributed by atoms with E-state index in [1.54, 1.807) is 19.2 Å². The second-order valence-corrected chi connectivity index (χ2v) is 7.66. The van der Waals surface area contributed by atoms with Crippen molar-refractivity contribution in [3.05, 3.63) is 95.1 Å². The standard InChI is InChI=1S/C25H25FN2O2/c1-30-23-6-2-4-18(17-23)16-22-5-3-7-24(27-22)19-12-14-28(15-13-19)25(29)20-8-10-21(26)11-9-20/h2-11,17,19H,12-16H2,1H3. The molecule has 1 fully saturated rings. The molecule has 0 atom stereocenters. The van der Waals surface area contributed by atoms with Crippen LogP contribution in [0.4, 0.5) is 4.39 Å². The third-order valence-corrected chi connectivity index (χ3v) is 5.64. The van der Waals surface area contributed by atoms with Gasteiger partial charge in [0.05, 0.1) is 7.11 Å². The van der Waals surface area contributed by atoms with Crippen molar-refractivity contribution in [2.75, 3.05) is 20.2 Å². The summed E-state index contributed by atoms with van der Waals surface area (Å²) >= 11 is 0. The molecule has 4 nitrogen and oxygen atoms in total. The first-order valence-electron chi connectivity index (χ1n) is 10.3. The maximum absolute atomic E-state index is 13.1. The van der Waals surface area contributed by atoms with Gasteiger partial charge >= 0.3 is 0 Å². The first kappa shape index (κ1) is 20.1. The quantitative estimate of drug-likeness (QED) is 0.611. The highest BCUT2D eigenvalue weighted by molar-refractivity contribution is 5.94. The van der Waals surface area contributed by atoms with E-state index in [-0.39, 0.29) is 11.7 Å². The Morgan fingerprint density at radius 1 is 1.07 bits per heavy atom. The third kappa shape index (κ3) is 4.67. The minimum Gasteiger partial charge on any atom is -0.497 e. The minimum atomic E-state index is -0.329. The van der Waals surface area contributed by atoms with Crippen LogP contribution in [-0.2, 0) is 6.42 Å². The molecule has 0 radical (unpaired) electrons. The van der Waals surface area contributed by atoms with Crippen molar-refractivity contribution in [3.8, 4) is 5.75 Å². The van der Waals surface area contributed by atoms with Crippen LogP contribution in [-0.4, -0.2) is 36.0 Å².